The van der Waals surface area contributed by atoms with Crippen LogP contribution in [0.3, 0.4) is 0 Å². The third-order valence-corrected chi connectivity index (χ3v) is 4.51. The molecule has 1 aromatic carbocycles. The third kappa shape index (κ3) is 8.31. The first-order valence-corrected chi connectivity index (χ1v) is 10.2. The number of rotatable bonds is 8. The molecule has 7 heteroatoms. The number of aliphatic imine (C=N–C) groups is 1. The molecule has 0 aliphatic rings. The SMILES string of the molecule is CCNC(=NCC(O)c1ccc(C)cc1)NC(C)CCS(C)(=O)=O. The van der Waals surface area contributed by atoms with Crippen molar-refractivity contribution >= 4 is 15.8 Å². The van der Waals surface area contributed by atoms with Gasteiger partial charge in [0.1, 0.15) is 9.84 Å². The number of nitrogens with one attached hydrogen (secondary N) is 2. The Hall–Kier alpha value is -1.60. The van der Waals surface area contributed by atoms with E-state index in [0.717, 1.165) is 11.1 Å². The van der Waals surface area contributed by atoms with Crippen molar-refractivity contribution in [2.45, 2.75) is 39.3 Å². The number of sulfone groups is 1. The lowest BCUT2D eigenvalue weighted by Gasteiger charge is -2.18. The highest BCUT2D eigenvalue weighted by Gasteiger charge is 2.11. The summed E-state index contributed by atoms with van der Waals surface area (Å²) in [5.74, 6) is 0.705. The van der Waals surface area contributed by atoms with E-state index < -0.39 is 15.9 Å². The van der Waals surface area contributed by atoms with Crippen molar-refractivity contribution in [1.82, 2.24) is 10.6 Å². The molecule has 0 radical (unpaired) electrons. The van der Waals surface area contributed by atoms with E-state index in [1.165, 1.54) is 6.26 Å². The molecule has 1 rings (SSSR count). The van der Waals surface area contributed by atoms with Gasteiger partial charge in [-0.05, 0) is 32.8 Å². The minimum Gasteiger partial charge on any atom is -0.386 e. The van der Waals surface area contributed by atoms with Gasteiger partial charge in [0.05, 0.1) is 18.4 Å². The summed E-state index contributed by atoms with van der Waals surface area (Å²) in [5.41, 5.74) is 1.97. The van der Waals surface area contributed by atoms with Gasteiger partial charge >= 0.3 is 0 Å². The minimum absolute atomic E-state index is 0.0333. The predicted octanol–water partition coefficient (Wildman–Crippen LogP) is 1.41. The highest BCUT2D eigenvalue weighted by molar-refractivity contribution is 7.90. The van der Waals surface area contributed by atoms with Crippen LogP contribution in [-0.4, -0.2) is 50.6 Å². The van der Waals surface area contributed by atoms with E-state index in [4.69, 9.17) is 0 Å². The van der Waals surface area contributed by atoms with E-state index in [0.29, 0.717) is 18.9 Å². The van der Waals surface area contributed by atoms with Crippen LogP contribution in [-0.2, 0) is 9.84 Å². The highest BCUT2D eigenvalue weighted by atomic mass is 32.2. The molecular formula is C17H29N3O3S. The van der Waals surface area contributed by atoms with Crippen LogP contribution in [0, 0.1) is 6.92 Å². The van der Waals surface area contributed by atoms with E-state index in [1.54, 1.807) is 0 Å². The van der Waals surface area contributed by atoms with Crippen LogP contribution in [0.25, 0.3) is 0 Å². The summed E-state index contributed by atoms with van der Waals surface area (Å²) < 4.78 is 22.5. The van der Waals surface area contributed by atoms with Gasteiger partial charge in [0.25, 0.3) is 0 Å². The zero-order valence-electron chi connectivity index (χ0n) is 14.9. The molecule has 0 spiro atoms. The number of aryl methyl sites for hydroxylation is 1. The van der Waals surface area contributed by atoms with Crippen LogP contribution >= 0.6 is 0 Å². The molecule has 1 aromatic rings. The van der Waals surface area contributed by atoms with Crippen LogP contribution in [0.2, 0.25) is 0 Å². The number of aliphatic hydroxyl groups is 1. The Morgan fingerprint density at radius 2 is 1.92 bits per heavy atom. The summed E-state index contributed by atoms with van der Waals surface area (Å²) in [5, 5.41) is 16.5. The van der Waals surface area contributed by atoms with E-state index in [1.807, 2.05) is 45.0 Å². The Labute approximate surface area is 145 Å². The monoisotopic (exact) mass is 355 g/mol. The average Bonchev–Trinajstić information content (AvgIpc) is 2.50. The molecule has 136 valence electrons. The minimum atomic E-state index is -2.97. The summed E-state index contributed by atoms with van der Waals surface area (Å²) in [7, 11) is -2.97. The second-order valence-corrected chi connectivity index (χ2v) is 8.37. The number of benzene rings is 1. The molecule has 0 amide bonds. The smallest absolute Gasteiger partial charge is 0.191 e. The largest absolute Gasteiger partial charge is 0.386 e. The topological polar surface area (TPSA) is 90.8 Å². The van der Waals surface area contributed by atoms with Gasteiger partial charge in [-0.1, -0.05) is 29.8 Å². The van der Waals surface area contributed by atoms with Gasteiger partial charge in [-0.3, -0.25) is 4.99 Å². The second kappa shape index (κ2) is 9.64. The Balaban J connectivity index is 2.62. The maximum atomic E-state index is 11.2. The number of guanidine groups is 1. The molecule has 2 atom stereocenters. The molecule has 0 bridgehead atoms. The number of hydrogen-bond donors (Lipinski definition) is 3. The van der Waals surface area contributed by atoms with E-state index >= 15 is 0 Å². The average molecular weight is 356 g/mol. The molecule has 6 nitrogen and oxygen atoms in total. The molecule has 0 aromatic heterocycles. The van der Waals surface area contributed by atoms with Gasteiger partial charge < -0.3 is 15.7 Å². The Bertz CT molecular complexity index is 627. The lowest BCUT2D eigenvalue weighted by molar-refractivity contribution is 0.187. The van der Waals surface area contributed by atoms with Crippen molar-refractivity contribution in [2.24, 2.45) is 4.99 Å². The van der Waals surface area contributed by atoms with Crippen molar-refractivity contribution in [1.29, 1.82) is 0 Å². The summed E-state index contributed by atoms with van der Waals surface area (Å²) in [6, 6.07) is 7.67. The molecule has 0 saturated heterocycles. The molecule has 0 aliphatic heterocycles. The van der Waals surface area contributed by atoms with Crippen molar-refractivity contribution in [3.8, 4) is 0 Å². The first kappa shape index (κ1) is 20.4. The molecule has 24 heavy (non-hydrogen) atoms. The number of hydrogen-bond acceptors (Lipinski definition) is 4. The number of aliphatic hydroxyl groups excluding tert-OH is 1. The summed E-state index contributed by atoms with van der Waals surface area (Å²) in [6.45, 7) is 6.78. The first-order valence-electron chi connectivity index (χ1n) is 8.18. The van der Waals surface area contributed by atoms with Gasteiger partial charge in [0.15, 0.2) is 5.96 Å². The molecule has 0 aliphatic carbocycles. The maximum absolute atomic E-state index is 11.2. The fourth-order valence-electron chi connectivity index (χ4n) is 2.09. The van der Waals surface area contributed by atoms with Crippen LogP contribution in [0.4, 0.5) is 0 Å². The summed E-state index contributed by atoms with van der Waals surface area (Å²) >= 11 is 0. The van der Waals surface area contributed by atoms with Gasteiger partial charge in [-0.15, -0.1) is 0 Å². The van der Waals surface area contributed by atoms with Gasteiger partial charge in [-0.25, -0.2) is 8.42 Å². The van der Waals surface area contributed by atoms with Crippen molar-refractivity contribution in [2.75, 3.05) is 25.1 Å². The van der Waals surface area contributed by atoms with Gasteiger partial charge in [0.2, 0.25) is 0 Å². The van der Waals surface area contributed by atoms with Crippen LogP contribution in [0.5, 0.6) is 0 Å². The van der Waals surface area contributed by atoms with Crippen LogP contribution in [0.15, 0.2) is 29.3 Å². The molecule has 0 fully saturated rings. The molecule has 3 N–H and O–H groups in total. The second-order valence-electron chi connectivity index (χ2n) is 6.11. The van der Waals surface area contributed by atoms with E-state index in [9.17, 15) is 13.5 Å². The van der Waals surface area contributed by atoms with Crippen LogP contribution in [0.1, 0.15) is 37.5 Å². The van der Waals surface area contributed by atoms with E-state index in [-0.39, 0.29) is 18.3 Å². The zero-order valence-corrected chi connectivity index (χ0v) is 15.7. The third-order valence-electron chi connectivity index (χ3n) is 3.53. The lowest BCUT2D eigenvalue weighted by Crippen LogP contribution is -2.43. The fourth-order valence-corrected chi connectivity index (χ4v) is 2.87. The van der Waals surface area contributed by atoms with Gasteiger partial charge in [0, 0.05) is 18.8 Å². The fraction of sp³-hybridized carbons (Fsp3) is 0.588. The Kier molecular flexibility index (Phi) is 8.21. The van der Waals surface area contributed by atoms with E-state index in [2.05, 4.69) is 15.6 Å². The van der Waals surface area contributed by atoms with Crippen molar-refractivity contribution < 1.29 is 13.5 Å². The quantitative estimate of drug-likeness (QED) is 0.484. The lowest BCUT2D eigenvalue weighted by atomic mass is 10.1. The maximum Gasteiger partial charge on any atom is 0.191 e. The Morgan fingerprint density at radius 3 is 2.46 bits per heavy atom. The summed E-state index contributed by atoms with van der Waals surface area (Å²) in [4.78, 5) is 4.39. The van der Waals surface area contributed by atoms with Gasteiger partial charge in [-0.2, -0.15) is 0 Å². The molecule has 0 saturated carbocycles. The highest BCUT2D eigenvalue weighted by Crippen LogP contribution is 2.13. The predicted molar refractivity (Wildman–Crippen MR) is 99.0 cm³/mol. The van der Waals surface area contributed by atoms with Crippen molar-refractivity contribution in [3.05, 3.63) is 35.4 Å². The normalized spacial score (nSPS) is 15.0. The Morgan fingerprint density at radius 1 is 1.29 bits per heavy atom. The molecule has 0 heterocycles. The first-order chi connectivity index (χ1) is 11.2. The molecular weight excluding hydrogens is 326 g/mol. The zero-order chi connectivity index (χ0) is 18.2. The molecule has 2 unspecified atom stereocenters. The van der Waals surface area contributed by atoms with Crippen molar-refractivity contribution in [3.63, 3.8) is 0 Å². The standard InChI is InChI=1S/C17H29N3O3S/c1-5-18-17(20-14(3)10-11-24(4,22)23)19-12-16(21)15-8-6-13(2)7-9-15/h6-9,14,16,21H,5,10-12H2,1-4H3,(H2,18,19,20). The number of nitrogens with zero attached hydrogens (tertiary/aromatic N) is 1. The van der Waals surface area contributed by atoms with Crippen LogP contribution < -0.4 is 10.6 Å². The summed E-state index contributed by atoms with van der Waals surface area (Å²) in [6.07, 6.45) is 1.06.